The predicted molar refractivity (Wildman–Crippen MR) is 82.1 cm³/mol. The monoisotopic (exact) mass is 348 g/mol. The van der Waals surface area contributed by atoms with Crippen LogP contribution in [0.3, 0.4) is 0 Å². The minimum absolute atomic E-state index is 0.192. The maximum absolute atomic E-state index is 13.7. The molecule has 0 bridgehead atoms. The molecule has 0 fully saturated rings. The van der Waals surface area contributed by atoms with Gasteiger partial charge in [0.25, 0.3) is 0 Å². The van der Waals surface area contributed by atoms with Gasteiger partial charge >= 0.3 is 0 Å². The zero-order chi connectivity index (χ0) is 12.5. The first-order valence-corrected chi connectivity index (χ1v) is 6.76. The second kappa shape index (κ2) is 4.69. The standard InChI is InChI=1S/C16H10FI/c17-13-8-12-6-7-14(18)10-16(12)15(9-13)11-4-2-1-3-5-11/h1-10H. The van der Waals surface area contributed by atoms with Gasteiger partial charge in [-0.3, -0.25) is 0 Å². The average molecular weight is 348 g/mol. The van der Waals surface area contributed by atoms with E-state index in [1.54, 1.807) is 12.1 Å². The molecule has 0 nitrogen and oxygen atoms in total. The zero-order valence-electron chi connectivity index (χ0n) is 9.53. The predicted octanol–water partition coefficient (Wildman–Crippen LogP) is 5.25. The molecule has 0 amide bonds. The average Bonchev–Trinajstić information content (AvgIpc) is 2.39. The summed E-state index contributed by atoms with van der Waals surface area (Å²) < 4.78 is 14.8. The summed E-state index contributed by atoms with van der Waals surface area (Å²) in [6, 6.07) is 19.2. The topological polar surface area (TPSA) is 0 Å². The molecule has 0 N–H and O–H groups in total. The molecule has 0 saturated carbocycles. The largest absolute Gasteiger partial charge is 0.207 e. The molecule has 0 aliphatic carbocycles. The first-order valence-electron chi connectivity index (χ1n) is 5.68. The molecule has 0 atom stereocenters. The van der Waals surface area contributed by atoms with E-state index in [1.165, 1.54) is 0 Å². The Labute approximate surface area is 119 Å². The lowest BCUT2D eigenvalue weighted by Crippen LogP contribution is -1.85. The smallest absolute Gasteiger partial charge is 0.124 e. The van der Waals surface area contributed by atoms with Crippen molar-refractivity contribution in [2.24, 2.45) is 0 Å². The molecule has 0 aliphatic rings. The van der Waals surface area contributed by atoms with Crippen LogP contribution in [0.1, 0.15) is 0 Å². The second-order valence-corrected chi connectivity index (χ2v) is 5.43. The van der Waals surface area contributed by atoms with Crippen LogP contribution in [-0.4, -0.2) is 0 Å². The fourth-order valence-corrected chi connectivity index (χ4v) is 2.64. The molecular formula is C16H10FI. The minimum atomic E-state index is -0.192. The van der Waals surface area contributed by atoms with Crippen LogP contribution in [-0.2, 0) is 0 Å². The van der Waals surface area contributed by atoms with Gasteiger partial charge in [0.15, 0.2) is 0 Å². The molecule has 0 unspecified atom stereocenters. The van der Waals surface area contributed by atoms with Gasteiger partial charge in [-0.05, 0) is 68.8 Å². The molecule has 3 aromatic rings. The molecular weight excluding hydrogens is 338 g/mol. The highest BCUT2D eigenvalue weighted by Crippen LogP contribution is 2.30. The lowest BCUT2D eigenvalue weighted by molar-refractivity contribution is 0.630. The highest BCUT2D eigenvalue weighted by Gasteiger charge is 2.06. The molecule has 0 aromatic heterocycles. The maximum atomic E-state index is 13.7. The number of hydrogen-bond acceptors (Lipinski definition) is 0. The molecule has 0 heterocycles. The third-order valence-electron chi connectivity index (χ3n) is 2.97. The Morgan fingerprint density at radius 3 is 2.39 bits per heavy atom. The van der Waals surface area contributed by atoms with Gasteiger partial charge in [0.1, 0.15) is 5.82 Å². The highest BCUT2D eigenvalue weighted by atomic mass is 127. The summed E-state index contributed by atoms with van der Waals surface area (Å²) in [5.74, 6) is -0.192. The van der Waals surface area contributed by atoms with Gasteiger partial charge in [0.05, 0.1) is 0 Å². The van der Waals surface area contributed by atoms with E-state index in [0.29, 0.717) is 0 Å². The molecule has 88 valence electrons. The van der Waals surface area contributed by atoms with Crippen molar-refractivity contribution in [1.29, 1.82) is 0 Å². The highest BCUT2D eigenvalue weighted by molar-refractivity contribution is 14.1. The van der Waals surface area contributed by atoms with Gasteiger partial charge in [-0.2, -0.15) is 0 Å². The molecule has 18 heavy (non-hydrogen) atoms. The number of halogens is 2. The lowest BCUT2D eigenvalue weighted by Gasteiger charge is -2.08. The van der Waals surface area contributed by atoms with Crippen molar-refractivity contribution >= 4 is 33.4 Å². The molecule has 0 saturated heterocycles. The van der Waals surface area contributed by atoms with Crippen molar-refractivity contribution in [2.45, 2.75) is 0 Å². The molecule has 0 spiro atoms. The second-order valence-electron chi connectivity index (χ2n) is 4.18. The number of hydrogen-bond donors (Lipinski definition) is 0. The summed E-state index contributed by atoms with van der Waals surface area (Å²) in [7, 11) is 0. The van der Waals surface area contributed by atoms with Crippen molar-refractivity contribution in [1.82, 2.24) is 0 Å². The van der Waals surface area contributed by atoms with Gasteiger partial charge in [0, 0.05) is 3.57 Å². The fraction of sp³-hybridized carbons (Fsp3) is 0. The first kappa shape index (κ1) is 11.7. The molecule has 0 radical (unpaired) electrons. The van der Waals surface area contributed by atoms with Gasteiger partial charge < -0.3 is 0 Å². The SMILES string of the molecule is Fc1cc(-c2ccccc2)c2cc(I)ccc2c1. The van der Waals surface area contributed by atoms with E-state index in [2.05, 4.69) is 28.7 Å². The Hall–Kier alpha value is -1.42. The van der Waals surface area contributed by atoms with Crippen molar-refractivity contribution in [2.75, 3.05) is 0 Å². The van der Waals surface area contributed by atoms with E-state index in [9.17, 15) is 4.39 Å². The summed E-state index contributed by atoms with van der Waals surface area (Å²) in [5, 5.41) is 2.03. The van der Waals surface area contributed by atoms with Crippen molar-refractivity contribution in [3.8, 4) is 11.1 Å². The summed E-state index contributed by atoms with van der Waals surface area (Å²) in [5.41, 5.74) is 1.99. The van der Waals surface area contributed by atoms with Gasteiger partial charge in [-0.25, -0.2) is 4.39 Å². The Kier molecular flexibility index (Phi) is 3.04. The van der Waals surface area contributed by atoms with Crippen LogP contribution in [0.25, 0.3) is 21.9 Å². The van der Waals surface area contributed by atoms with E-state index >= 15 is 0 Å². The van der Waals surface area contributed by atoms with Gasteiger partial charge in [-0.1, -0.05) is 36.4 Å². The van der Waals surface area contributed by atoms with Crippen LogP contribution in [0, 0.1) is 9.39 Å². The van der Waals surface area contributed by atoms with Crippen molar-refractivity contribution in [3.63, 3.8) is 0 Å². The van der Waals surface area contributed by atoms with E-state index in [4.69, 9.17) is 0 Å². The number of benzene rings is 3. The van der Waals surface area contributed by atoms with E-state index in [-0.39, 0.29) is 5.82 Å². The zero-order valence-corrected chi connectivity index (χ0v) is 11.7. The van der Waals surface area contributed by atoms with Gasteiger partial charge in [0.2, 0.25) is 0 Å². The van der Waals surface area contributed by atoms with Crippen LogP contribution < -0.4 is 0 Å². The van der Waals surface area contributed by atoms with E-state index in [1.807, 2.05) is 42.5 Å². The summed E-state index contributed by atoms with van der Waals surface area (Å²) >= 11 is 2.28. The van der Waals surface area contributed by atoms with E-state index in [0.717, 1.165) is 25.5 Å². The Morgan fingerprint density at radius 2 is 1.61 bits per heavy atom. The van der Waals surface area contributed by atoms with Crippen molar-refractivity contribution < 1.29 is 4.39 Å². The molecule has 2 heteroatoms. The lowest BCUT2D eigenvalue weighted by atomic mass is 9.98. The Balaban J connectivity index is 2.37. The normalized spacial score (nSPS) is 10.8. The fourth-order valence-electron chi connectivity index (χ4n) is 2.15. The maximum Gasteiger partial charge on any atom is 0.124 e. The summed E-state index contributed by atoms with van der Waals surface area (Å²) in [6.45, 7) is 0. The third kappa shape index (κ3) is 2.12. The molecule has 3 aromatic carbocycles. The number of fused-ring (bicyclic) bond motifs is 1. The van der Waals surface area contributed by atoms with E-state index < -0.39 is 0 Å². The molecule has 0 aliphatic heterocycles. The van der Waals surface area contributed by atoms with Crippen LogP contribution in [0.5, 0.6) is 0 Å². The van der Waals surface area contributed by atoms with Crippen LogP contribution in [0.2, 0.25) is 0 Å². The quantitative estimate of drug-likeness (QED) is 0.527. The Morgan fingerprint density at radius 1 is 0.833 bits per heavy atom. The summed E-state index contributed by atoms with van der Waals surface area (Å²) in [6.07, 6.45) is 0. The van der Waals surface area contributed by atoms with Gasteiger partial charge in [-0.15, -0.1) is 0 Å². The molecule has 3 rings (SSSR count). The first-order chi connectivity index (χ1) is 8.74. The van der Waals surface area contributed by atoms with Crippen molar-refractivity contribution in [3.05, 3.63) is 70.1 Å². The minimum Gasteiger partial charge on any atom is -0.207 e. The Bertz CT molecular complexity index is 705. The van der Waals surface area contributed by atoms with Crippen LogP contribution >= 0.6 is 22.6 Å². The van der Waals surface area contributed by atoms with Crippen LogP contribution in [0.15, 0.2) is 60.7 Å². The number of rotatable bonds is 1. The van der Waals surface area contributed by atoms with Crippen LogP contribution in [0.4, 0.5) is 4.39 Å². The summed E-state index contributed by atoms with van der Waals surface area (Å²) in [4.78, 5) is 0. The third-order valence-corrected chi connectivity index (χ3v) is 3.64.